The number of hydrogen-bond donors (Lipinski definition) is 2. The first-order chi connectivity index (χ1) is 13.7. The van der Waals surface area contributed by atoms with Crippen LogP contribution in [0.2, 0.25) is 0 Å². The summed E-state index contributed by atoms with van der Waals surface area (Å²) in [7, 11) is 0. The molecule has 0 radical (unpaired) electrons. The van der Waals surface area contributed by atoms with Crippen LogP contribution in [0, 0.1) is 50.7 Å². The first-order valence-electron chi connectivity index (χ1n) is 12.2. The minimum Gasteiger partial charge on any atom is -0.481 e. The lowest BCUT2D eigenvalue weighted by Crippen LogP contribution is -2.55. The van der Waals surface area contributed by atoms with Gasteiger partial charge < -0.3 is 10.2 Å². The minimum atomic E-state index is -0.812. The van der Waals surface area contributed by atoms with Crippen LogP contribution in [0.15, 0.2) is 0 Å². The van der Waals surface area contributed by atoms with Crippen molar-refractivity contribution in [1.82, 2.24) is 0 Å². The maximum atomic E-state index is 13.4. The molecule has 4 saturated carbocycles. The lowest BCUT2D eigenvalue weighted by molar-refractivity contribution is -0.174. The van der Waals surface area contributed by atoms with Gasteiger partial charge in [0.05, 0.1) is 5.41 Å². The van der Waals surface area contributed by atoms with Gasteiger partial charge in [-0.3, -0.25) is 9.59 Å². The minimum absolute atomic E-state index is 0.0155. The van der Waals surface area contributed by atoms with Crippen LogP contribution in [0.4, 0.5) is 0 Å². The molecule has 4 rings (SSSR count). The molecule has 6 unspecified atom stereocenters. The van der Waals surface area contributed by atoms with E-state index in [1.807, 2.05) is 0 Å². The van der Waals surface area contributed by atoms with E-state index in [-0.39, 0.29) is 39.9 Å². The zero-order valence-corrected chi connectivity index (χ0v) is 19.9. The van der Waals surface area contributed by atoms with Crippen molar-refractivity contribution in [2.75, 3.05) is 0 Å². The van der Waals surface area contributed by atoms with Crippen LogP contribution >= 0.6 is 0 Å². The zero-order valence-electron chi connectivity index (χ0n) is 19.9. The van der Waals surface area contributed by atoms with E-state index in [0.29, 0.717) is 24.7 Å². The lowest BCUT2D eigenvalue weighted by Gasteiger charge is -2.55. The Balaban J connectivity index is 1.82. The second-order valence-corrected chi connectivity index (χ2v) is 12.9. The van der Waals surface area contributed by atoms with Gasteiger partial charge in [-0.25, -0.2) is 0 Å². The first kappa shape index (κ1) is 22.1. The molecule has 0 aromatic rings. The third-order valence-corrected chi connectivity index (χ3v) is 12.2. The average molecular weight is 419 g/mol. The zero-order chi connectivity index (χ0) is 22.3. The van der Waals surface area contributed by atoms with Gasteiger partial charge in [0.15, 0.2) is 0 Å². The van der Waals surface area contributed by atoms with Crippen LogP contribution in [-0.2, 0) is 9.59 Å². The number of rotatable bonds is 7. The van der Waals surface area contributed by atoms with Gasteiger partial charge >= 0.3 is 11.9 Å². The second kappa shape index (κ2) is 6.48. The molecule has 0 spiro atoms. The van der Waals surface area contributed by atoms with Gasteiger partial charge in [-0.05, 0) is 96.7 Å². The van der Waals surface area contributed by atoms with Crippen LogP contribution in [0.5, 0.6) is 0 Å². The summed E-state index contributed by atoms with van der Waals surface area (Å²) in [6.07, 6.45) is 7.70. The molecule has 4 fully saturated rings. The molecule has 4 aliphatic carbocycles. The van der Waals surface area contributed by atoms with E-state index in [2.05, 4.69) is 41.5 Å². The van der Waals surface area contributed by atoms with Gasteiger partial charge in [0.2, 0.25) is 0 Å². The summed E-state index contributed by atoms with van der Waals surface area (Å²) in [5.74, 6) is 0.00421. The molecular weight excluding hydrogens is 376 g/mol. The third kappa shape index (κ3) is 2.45. The Morgan fingerprint density at radius 2 is 1.27 bits per heavy atom. The summed E-state index contributed by atoms with van der Waals surface area (Å²) >= 11 is 0. The first-order valence-corrected chi connectivity index (χ1v) is 12.2. The van der Waals surface area contributed by atoms with Crippen LogP contribution in [0.25, 0.3) is 0 Å². The van der Waals surface area contributed by atoms with E-state index >= 15 is 0 Å². The molecule has 4 nitrogen and oxygen atoms in total. The summed E-state index contributed by atoms with van der Waals surface area (Å²) in [6, 6.07) is 0. The highest BCUT2D eigenvalue weighted by atomic mass is 16.4. The lowest BCUT2D eigenvalue weighted by atomic mass is 9.48. The van der Waals surface area contributed by atoms with E-state index in [1.54, 1.807) is 0 Å². The number of carboxylic acids is 2. The van der Waals surface area contributed by atoms with Gasteiger partial charge in [0.25, 0.3) is 0 Å². The molecule has 4 bridgehead atoms. The summed E-state index contributed by atoms with van der Waals surface area (Å²) in [5, 5.41) is 20.3. The maximum Gasteiger partial charge on any atom is 0.310 e. The topological polar surface area (TPSA) is 74.6 Å². The van der Waals surface area contributed by atoms with Crippen molar-refractivity contribution >= 4 is 11.9 Å². The number of aliphatic carboxylic acids is 2. The van der Waals surface area contributed by atoms with Gasteiger partial charge in [-0.15, -0.1) is 0 Å². The van der Waals surface area contributed by atoms with E-state index in [4.69, 9.17) is 0 Å². The molecule has 0 aromatic heterocycles. The van der Waals surface area contributed by atoms with Crippen molar-refractivity contribution in [3.8, 4) is 0 Å². The monoisotopic (exact) mass is 418 g/mol. The van der Waals surface area contributed by atoms with Crippen molar-refractivity contribution in [3.63, 3.8) is 0 Å². The Hall–Kier alpha value is -1.06. The standard InChI is InChI=1S/C26H42O4/c1-22(2)16-9-12-24(22,5)18(14-16)26(21(29)30,11-7-8-20(27)28)19-15-17-10-13-25(19,6)23(17,3)4/h16-19H,7-15H2,1-6H3,(H,27,28)(H,29,30). The van der Waals surface area contributed by atoms with Gasteiger partial charge in [-0.2, -0.15) is 0 Å². The summed E-state index contributed by atoms with van der Waals surface area (Å²) < 4.78 is 0. The Kier molecular flexibility index (Phi) is 4.78. The smallest absolute Gasteiger partial charge is 0.310 e. The molecule has 0 amide bonds. The molecule has 4 heteroatoms. The molecule has 0 aromatic carbocycles. The van der Waals surface area contributed by atoms with Crippen molar-refractivity contribution < 1.29 is 19.8 Å². The molecule has 30 heavy (non-hydrogen) atoms. The van der Waals surface area contributed by atoms with Crippen LogP contribution in [0.3, 0.4) is 0 Å². The Bertz CT molecular complexity index is 708. The van der Waals surface area contributed by atoms with E-state index in [9.17, 15) is 19.8 Å². The molecule has 170 valence electrons. The van der Waals surface area contributed by atoms with Crippen molar-refractivity contribution in [3.05, 3.63) is 0 Å². The summed E-state index contributed by atoms with van der Waals surface area (Å²) in [6.45, 7) is 14.2. The Morgan fingerprint density at radius 3 is 1.53 bits per heavy atom. The van der Waals surface area contributed by atoms with Gasteiger partial charge in [0.1, 0.15) is 0 Å². The molecule has 0 saturated heterocycles. The molecular formula is C26H42O4. The quantitative estimate of drug-likeness (QED) is 0.513. The predicted molar refractivity (Wildman–Crippen MR) is 117 cm³/mol. The highest BCUT2D eigenvalue weighted by molar-refractivity contribution is 5.76. The molecule has 2 N–H and O–H groups in total. The highest BCUT2D eigenvalue weighted by Crippen LogP contribution is 2.78. The number of hydrogen-bond acceptors (Lipinski definition) is 2. The number of carbonyl (C=O) groups is 2. The second-order valence-electron chi connectivity index (χ2n) is 12.9. The molecule has 0 heterocycles. The highest BCUT2D eigenvalue weighted by Gasteiger charge is 2.74. The predicted octanol–water partition coefficient (Wildman–Crippen LogP) is 6.24. The fourth-order valence-electron chi connectivity index (χ4n) is 9.49. The van der Waals surface area contributed by atoms with E-state index in [1.165, 1.54) is 12.8 Å². The Morgan fingerprint density at radius 1 is 0.833 bits per heavy atom. The SMILES string of the molecule is CC1(C)C2CCC1(C)C(C(CCCC(=O)O)(C(=O)O)C1CC3CCC1(C)C3(C)C)C2. The fourth-order valence-corrected chi connectivity index (χ4v) is 9.49. The van der Waals surface area contributed by atoms with Crippen LogP contribution in [-0.4, -0.2) is 22.2 Å². The fraction of sp³-hybridized carbons (Fsp3) is 0.923. The average Bonchev–Trinajstić information content (AvgIpc) is 3.16. The molecule has 0 aliphatic heterocycles. The molecule has 4 aliphatic rings. The van der Waals surface area contributed by atoms with Gasteiger partial charge in [0, 0.05) is 6.42 Å². The number of fused-ring (bicyclic) bond motifs is 4. The van der Waals surface area contributed by atoms with E-state index < -0.39 is 17.4 Å². The van der Waals surface area contributed by atoms with Crippen molar-refractivity contribution in [2.45, 2.75) is 99.3 Å². The summed E-state index contributed by atoms with van der Waals surface area (Å²) in [4.78, 5) is 24.7. The van der Waals surface area contributed by atoms with Crippen molar-refractivity contribution in [2.24, 2.45) is 50.7 Å². The van der Waals surface area contributed by atoms with Crippen LogP contribution < -0.4 is 0 Å². The van der Waals surface area contributed by atoms with Crippen molar-refractivity contribution in [1.29, 1.82) is 0 Å². The Labute approximate surface area is 182 Å². The maximum absolute atomic E-state index is 13.4. The molecule has 6 atom stereocenters. The van der Waals surface area contributed by atoms with Gasteiger partial charge in [-0.1, -0.05) is 41.5 Å². The summed E-state index contributed by atoms with van der Waals surface area (Å²) in [5.41, 5.74) is -0.473. The largest absolute Gasteiger partial charge is 0.481 e. The number of carboxylic acid groups (broad SMARTS) is 2. The normalized spacial score (nSPS) is 44.9. The van der Waals surface area contributed by atoms with E-state index in [0.717, 1.165) is 25.7 Å². The van der Waals surface area contributed by atoms with Crippen LogP contribution in [0.1, 0.15) is 99.3 Å². The third-order valence-electron chi connectivity index (χ3n) is 12.2.